The topological polar surface area (TPSA) is 49.7 Å². The Balaban J connectivity index is 2.69. The summed E-state index contributed by atoms with van der Waals surface area (Å²) in [5.74, 6) is 0.0556. The molecular formula is C19H23FO3. The lowest BCUT2D eigenvalue weighted by atomic mass is 9.93. The fourth-order valence-corrected chi connectivity index (χ4v) is 2.86. The van der Waals surface area contributed by atoms with Crippen molar-refractivity contribution >= 4 is 0 Å². The fraction of sp³-hybridized carbons (Fsp3) is 0.368. The lowest BCUT2D eigenvalue weighted by Crippen LogP contribution is -2.01. The van der Waals surface area contributed by atoms with Crippen molar-refractivity contribution < 1.29 is 19.3 Å². The number of hydrogen-bond acceptors (Lipinski definition) is 3. The fourth-order valence-electron chi connectivity index (χ4n) is 2.86. The molecule has 0 fully saturated rings. The summed E-state index contributed by atoms with van der Waals surface area (Å²) in [5, 5.41) is 20.7. The highest BCUT2D eigenvalue weighted by Crippen LogP contribution is 2.47. The molecule has 0 aliphatic rings. The number of halogens is 1. The van der Waals surface area contributed by atoms with Gasteiger partial charge in [0, 0.05) is 16.7 Å². The molecule has 0 aliphatic heterocycles. The molecule has 4 heteroatoms. The van der Waals surface area contributed by atoms with Gasteiger partial charge in [-0.1, -0.05) is 25.0 Å². The van der Waals surface area contributed by atoms with Crippen LogP contribution in [0.3, 0.4) is 0 Å². The number of phenolic OH excluding ortho intramolecular Hbond substituents is 2. The zero-order chi connectivity index (χ0) is 17.1. The molecule has 2 aromatic rings. The molecule has 3 nitrogen and oxygen atoms in total. The SMILES string of the molecule is CCCC(F)c1c(C)cc(-c2cc(C)ccc2O)c(O)c1OC. The van der Waals surface area contributed by atoms with E-state index in [1.165, 1.54) is 7.11 Å². The van der Waals surface area contributed by atoms with Gasteiger partial charge in [-0.3, -0.25) is 0 Å². The van der Waals surface area contributed by atoms with Gasteiger partial charge in [-0.2, -0.15) is 0 Å². The van der Waals surface area contributed by atoms with E-state index in [-0.39, 0.29) is 17.2 Å². The van der Waals surface area contributed by atoms with Gasteiger partial charge in [-0.05, 0) is 44.0 Å². The van der Waals surface area contributed by atoms with Crippen LogP contribution < -0.4 is 4.74 Å². The Morgan fingerprint density at radius 2 is 1.83 bits per heavy atom. The Morgan fingerprint density at radius 3 is 2.43 bits per heavy atom. The number of benzene rings is 2. The summed E-state index contributed by atoms with van der Waals surface area (Å²) in [6.45, 7) is 5.60. The maximum Gasteiger partial charge on any atom is 0.167 e. The third-order valence-corrected chi connectivity index (χ3v) is 4.00. The van der Waals surface area contributed by atoms with Gasteiger partial charge in [0.05, 0.1) is 7.11 Å². The van der Waals surface area contributed by atoms with Crippen LogP contribution >= 0.6 is 0 Å². The van der Waals surface area contributed by atoms with Crippen LogP contribution in [0, 0.1) is 13.8 Å². The van der Waals surface area contributed by atoms with E-state index < -0.39 is 6.17 Å². The first-order valence-electron chi connectivity index (χ1n) is 7.75. The number of aromatic hydroxyl groups is 2. The predicted molar refractivity (Wildman–Crippen MR) is 90.0 cm³/mol. The number of ether oxygens (including phenoxy) is 1. The van der Waals surface area contributed by atoms with Crippen LogP contribution in [0.5, 0.6) is 17.2 Å². The Morgan fingerprint density at radius 1 is 1.13 bits per heavy atom. The van der Waals surface area contributed by atoms with E-state index in [0.717, 1.165) is 5.56 Å². The Labute approximate surface area is 136 Å². The van der Waals surface area contributed by atoms with Crippen LogP contribution in [0.2, 0.25) is 0 Å². The number of methoxy groups -OCH3 is 1. The first kappa shape index (κ1) is 17.1. The average Bonchev–Trinajstić information content (AvgIpc) is 2.51. The van der Waals surface area contributed by atoms with Gasteiger partial charge in [0.2, 0.25) is 0 Å². The minimum Gasteiger partial charge on any atom is -0.507 e. The first-order valence-corrected chi connectivity index (χ1v) is 7.75. The lowest BCUT2D eigenvalue weighted by Gasteiger charge is -2.19. The minimum atomic E-state index is -1.19. The normalized spacial score (nSPS) is 12.2. The summed E-state index contributed by atoms with van der Waals surface area (Å²) < 4.78 is 19.7. The summed E-state index contributed by atoms with van der Waals surface area (Å²) in [6.07, 6.45) is -0.127. The zero-order valence-electron chi connectivity index (χ0n) is 14.0. The Hall–Kier alpha value is -2.23. The molecule has 0 radical (unpaired) electrons. The van der Waals surface area contributed by atoms with Crippen molar-refractivity contribution in [2.75, 3.05) is 7.11 Å². The van der Waals surface area contributed by atoms with Gasteiger partial charge >= 0.3 is 0 Å². The van der Waals surface area contributed by atoms with E-state index >= 15 is 0 Å². The van der Waals surface area contributed by atoms with Crippen molar-refractivity contribution in [1.29, 1.82) is 0 Å². The molecule has 0 aromatic heterocycles. The predicted octanol–water partition coefficient (Wildman–Crippen LogP) is 5.20. The molecule has 23 heavy (non-hydrogen) atoms. The van der Waals surface area contributed by atoms with E-state index in [1.807, 2.05) is 13.8 Å². The van der Waals surface area contributed by atoms with Crippen molar-refractivity contribution in [3.8, 4) is 28.4 Å². The third kappa shape index (κ3) is 3.26. The van der Waals surface area contributed by atoms with Crippen molar-refractivity contribution in [1.82, 2.24) is 0 Å². The molecule has 124 valence electrons. The summed E-state index contributed by atoms with van der Waals surface area (Å²) in [5.41, 5.74) is 2.96. The van der Waals surface area contributed by atoms with Gasteiger partial charge in [0.1, 0.15) is 11.9 Å². The summed E-state index contributed by atoms with van der Waals surface area (Å²) in [7, 11) is 1.41. The number of alkyl halides is 1. The average molecular weight is 318 g/mol. The second-order valence-electron chi connectivity index (χ2n) is 5.81. The highest BCUT2D eigenvalue weighted by molar-refractivity contribution is 5.80. The van der Waals surface area contributed by atoms with Gasteiger partial charge in [0.15, 0.2) is 11.5 Å². The van der Waals surface area contributed by atoms with E-state index in [1.54, 1.807) is 31.2 Å². The van der Waals surface area contributed by atoms with Crippen LogP contribution in [0.15, 0.2) is 24.3 Å². The smallest absolute Gasteiger partial charge is 0.167 e. The maximum absolute atomic E-state index is 14.5. The van der Waals surface area contributed by atoms with Crippen molar-refractivity contribution in [3.05, 3.63) is 41.0 Å². The molecule has 0 bridgehead atoms. The van der Waals surface area contributed by atoms with Gasteiger partial charge in [-0.15, -0.1) is 0 Å². The van der Waals surface area contributed by atoms with E-state index in [4.69, 9.17) is 4.74 Å². The Bertz CT molecular complexity index is 710. The van der Waals surface area contributed by atoms with Crippen LogP contribution in [-0.4, -0.2) is 17.3 Å². The molecule has 0 heterocycles. The minimum absolute atomic E-state index is 0.0606. The van der Waals surface area contributed by atoms with E-state index in [0.29, 0.717) is 35.1 Å². The largest absolute Gasteiger partial charge is 0.507 e. The van der Waals surface area contributed by atoms with E-state index in [9.17, 15) is 14.6 Å². The zero-order valence-corrected chi connectivity index (χ0v) is 14.0. The van der Waals surface area contributed by atoms with Crippen LogP contribution in [0.1, 0.15) is 42.6 Å². The molecule has 2 aromatic carbocycles. The molecule has 0 amide bonds. The van der Waals surface area contributed by atoms with Crippen LogP contribution in [0.25, 0.3) is 11.1 Å². The van der Waals surface area contributed by atoms with Gasteiger partial charge < -0.3 is 14.9 Å². The van der Waals surface area contributed by atoms with Gasteiger partial charge in [-0.25, -0.2) is 4.39 Å². The molecule has 2 N–H and O–H groups in total. The number of hydrogen-bond donors (Lipinski definition) is 2. The highest BCUT2D eigenvalue weighted by atomic mass is 19.1. The molecule has 0 spiro atoms. The highest BCUT2D eigenvalue weighted by Gasteiger charge is 2.24. The second kappa shape index (κ2) is 6.90. The summed E-state index contributed by atoms with van der Waals surface area (Å²) in [4.78, 5) is 0. The molecule has 0 saturated heterocycles. The number of phenols is 2. The molecular weight excluding hydrogens is 295 g/mol. The quantitative estimate of drug-likeness (QED) is 0.796. The first-order chi connectivity index (χ1) is 10.9. The third-order valence-electron chi connectivity index (χ3n) is 4.00. The molecule has 1 unspecified atom stereocenters. The monoisotopic (exact) mass is 318 g/mol. The standard InChI is InChI=1S/C19H23FO3/c1-5-6-15(20)17-12(3)10-14(18(22)19(17)23-4)13-9-11(2)7-8-16(13)21/h7-10,15,21-22H,5-6H2,1-4H3. The number of aryl methyl sites for hydroxylation is 2. The molecule has 0 aliphatic carbocycles. The molecule has 1 atom stereocenters. The van der Waals surface area contributed by atoms with Crippen molar-refractivity contribution in [2.24, 2.45) is 0 Å². The van der Waals surface area contributed by atoms with Crippen LogP contribution in [0.4, 0.5) is 4.39 Å². The number of rotatable bonds is 5. The maximum atomic E-state index is 14.5. The molecule has 2 rings (SSSR count). The lowest BCUT2D eigenvalue weighted by molar-refractivity contribution is 0.297. The van der Waals surface area contributed by atoms with Crippen LogP contribution in [-0.2, 0) is 0 Å². The van der Waals surface area contributed by atoms with Gasteiger partial charge in [0.25, 0.3) is 0 Å². The van der Waals surface area contributed by atoms with Crippen molar-refractivity contribution in [2.45, 2.75) is 39.8 Å². The van der Waals surface area contributed by atoms with Crippen molar-refractivity contribution in [3.63, 3.8) is 0 Å². The Kier molecular flexibility index (Phi) is 5.14. The molecule has 0 saturated carbocycles. The summed E-state index contributed by atoms with van der Waals surface area (Å²) >= 11 is 0. The van der Waals surface area contributed by atoms with E-state index in [2.05, 4.69) is 0 Å². The second-order valence-corrected chi connectivity index (χ2v) is 5.81. The summed E-state index contributed by atoms with van der Waals surface area (Å²) in [6, 6.07) is 6.84.